The first-order valence-corrected chi connectivity index (χ1v) is 5.77. The lowest BCUT2D eigenvalue weighted by Gasteiger charge is -2.20. The van der Waals surface area contributed by atoms with E-state index in [0.29, 0.717) is 6.07 Å². The van der Waals surface area contributed by atoms with Crippen LogP contribution >= 0.6 is 0 Å². The highest BCUT2D eigenvalue weighted by atomic mass is 19.4. The van der Waals surface area contributed by atoms with Crippen LogP contribution in [0.15, 0.2) is 18.2 Å². The largest absolute Gasteiger partial charge is 0.480 e. The topological polar surface area (TPSA) is 73.1 Å². The summed E-state index contributed by atoms with van der Waals surface area (Å²) in [6.07, 6.45) is -4.55. The number of alkyl halides is 3. The second-order valence-corrected chi connectivity index (χ2v) is 4.57. The van der Waals surface area contributed by atoms with Crippen LogP contribution in [0, 0.1) is 17.2 Å². The van der Waals surface area contributed by atoms with Crippen molar-refractivity contribution in [1.29, 1.82) is 5.26 Å². The SMILES string of the molecule is CC(C)[C@@H](Nc1ccc(C(F)(F)F)cc1C#N)C(=O)O. The van der Waals surface area contributed by atoms with E-state index in [2.05, 4.69) is 5.32 Å². The maximum atomic E-state index is 12.5. The van der Waals surface area contributed by atoms with Crippen LogP contribution in [-0.4, -0.2) is 17.1 Å². The van der Waals surface area contributed by atoms with E-state index in [1.54, 1.807) is 19.9 Å². The zero-order chi connectivity index (χ0) is 15.5. The zero-order valence-corrected chi connectivity index (χ0v) is 10.8. The summed E-state index contributed by atoms with van der Waals surface area (Å²) >= 11 is 0. The predicted octanol–water partition coefficient (Wildman–Crippen LogP) is 3.10. The Morgan fingerprint density at radius 3 is 2.40 bits per heavy atom. The van der Waals surface area contributed by atoms with Crippen LogP contribution in [0.25, 0.3) is 0 Å². The Morgan fingerprint density at radius 1 is 1.40 bits per heavy atom. The average molecular weight is 286 g/mol. The molecule has 0 saturated heterocycles. The molecule has 0 heterocycles. The molecule has 0 fully saturated rings. The number of carboxylic acid groups (broad SMARTS) is 1. The summed E-state index contributed by atoms with van der Waals surface area (Å²) in [7, 11) is 0. The number of nitrogens with one attached hydrogen (secondary N) is 1. The Hall–Kier alpha value is -2.23. The third-order valence-corrected chi connectivity index (χ3v) is 2.71. The molecule has 20 heavy (non-hydrogen) atoms. The normalized spacial score (nSPS) is 12.8. The molecule has 0 aromatic heterocycles. The van der Waals surface area contributed by atoms with Crippen molar-refractivity contribution < 1.29 is 23.1 Å². The quantitative estimate of drug-likeness (QED) is 0.892. The first-order valence-electron chi connectivity index (χ1n) is 5.77. The van der Waals surface area contributed by atoms with E-state index in [1.165, 1.54) is 0 Å². The molecule has 1 aromatic rings. The highest BCUT2D eigenvalue weighted by Crippen LogP contribution is 2.32. The van der Waals surface area contributed by atoms with Gasteiger partial charge in [-0.2, -0.15) is 18.4 Å². The van der Waals surface area contributed by atoms with E-state index >= 15 is 0 Å². The number of nitrogens with zero attached hydrogens (tertiary/aromatic N) is 1. The maximum Gasteiger partial charge on any atom is 0.416 e. The minimum Gasteiger partial charge on any atom is -0.480 e. The predicted molar refractivity (Wildman–Crippen MR) is 66.0 cm³/mol. The molecule has 0 spiro atoms. The number of benzene rings is 1. The summed E-state index contributed by atoms with van der Waals surface area (Å²) in [6, 6.07) is 3.22. The molecule has 0 unspecified atom stereocenters. The van der Waals surface area contributed by atoms with E-state index in [9.17, 15) is 18.0 Å². The Balaban J connectivity index is 3.14. The van der Waals surface area contributed by atoms with Gasteiger partial charge in [0.1, 0.15) is 12.1 Å². The van der Waals surface area contributed by atoms with Crippen LogP contribution in [-0.2, 0) is 11.0 Å². The third-order valence-electron chi connectivity index (χ3n) is 2.71. The number of rotatable bonds is 4. The van der Waals surface area contributed by atoms with Crippen LogP contribution in [0.3, 0.4) is 0 Å². The molecule has 1 aromatic carbocycles. The summed E-state index contributed by atoms with van der Waals surface area (Å²) in [5.41, 5.74) is -1.12. The highest BCUT2D eigenvalue weighted by molar-refractivity contribution is 5.78. The van der Waals surface area contributed by atoms with Gasteiger partial charge in [0.15, 0.2) is 0 Å². The second kappa shape index (κ2) is 5.82. The van der Waals surface area contributed by atoms with Crippen molar-refractivity contribution in [3.63, 3.8) is 0 Å². The Labute approximate surface area is 113 Å². The Morgan fingerprint density at radius 2 is 2.00 bits per heavy atom. The standard InChI is InChI=1S/C13H13F3N2O2/c1-7(2)11(12(19)20)18-10-4-3-9(13(14,15)16)5-8(10)6-17/h3-5,7,11,18H,1-2H3,(H,19,20)/t11-/m1/s1. The average Bonchev–Trinajstić information content (AvgIpc) is 2.33. The first kappa shape index (κ1) is 15.8. The summed E-state index contributed by atoms with van der Waals surface area (Å²) in [5.74, 6) is -1.43. The van der Waals surface area contributed by atoms with Crippen molar-refractivity contribution in [3.8, 4) is 6.07 Å². The van der Waals surface area contributed by atoms with Crippen LogP contribution in [0.4, 0.5) is 18.9 Å². The van der Waals surface area contributed by atoms with Crippen molar-refractivity contribution in [2.24, 2.45) is 5.92 Å². The minimum absolute atomic E-state index is 0.0709. The van der Waals surface area contributed by atoms with Crippen molar-refractivity contribution >= 4 is 11.7 Å². The van der Waals surface area contributed by atoms with Crippen LogP contribution in [0.5, 0.6) is 0 Å². The van der Waals surface area contributed by atoms with Crippen molar-refractivity contribution in [2.75, 3.05) is 5.32 Å². The van der Waals surface area contributed by atoms with Gasteiger partial charge in [-0.1, -0.05) is 13.8 Å². The fourth-order valence-electron chi connectivity index (χ4n) is 1.62. The number of carboxylic acids is 1. The fraction of sp³-hybridized carbons (Fsp3) is 0.385. The molecule has 0 saturated carbocycles. The molecule has 7 heteroatoms. The zero-order valence-electron chi connectivity index (χ0n) is 10.8. The summed E-state index contributed by atoms with van der Waals surface area (Å²) in [4.78, 5) is 11.0. The monoisotopic (exact) mass is 286 g/mol. The van der Waals surface area contributed by atoms with E-state index < -0.39 is 23.8 Å². The smallest absolute Gasteiger partial charge is 0.416 e. The number of carbonyl (C=O) groups is 1. The van der Waals surface area contributed by atoms with E-state index in [0.717, 1.165) is 12.1 Å². The summed E-state index contributed by atoms with van der Waals surface area (Å²) < 4.78 is 37.6. The number of aliphatic carboxylic acids is 1. The molecule has 0 radical (unpaired) electrons. The van der Waals surface area contributed by atoms with Gasteiger partial charge in [-0.15, -0.1) is 0 Å². The lowest BCUT2D eigenvalue weighted by molar-refractivity contribution is -0.139. The number of hydrogen-bond donors (Lipinski definition) is 2. The summed E-state index contributed by atoms with van der Waals surface area (Å²) in [5, 5.41) is 20.5. The van der Waals surface area contributed by atoms with Gasteiger partial charge in [-0.05, 0) is 24.1 Å². The van der Waals surface area contributed by atoms with Crippen LogP contribution in [0.2, 0.25) is 0 Å². The van der Waals surface area contributed by atoms with Gasteiger partial charge in [-0.25, -0.2) is 4.79 Å². The number of nitriles is 1. The molecule has 2 N–H and O–H groups in total. The van der Waals surface area contributed by atoms with Gasteiger partial charge >= 0.3 is 12.1 Å². The van der Waals surface area contributed by atoms with Crippen LogP contribution in [0.1, 0.15) is 25.0 Å². The molecular weight excluding hydrogens is 273 g/mol. The Kier molecular flexibility index (Phi) is 4.61. The number of hydrogen-bond acceptors (Lipinski definition) is 3. The molecule has 0 amide bonds. The van der Waals surface area contributed by atoms with Crippen molar-refractivity contribution in [2.45, 2.75) is 26.1 Å². The summed E-state index contributed by atoms with van der Waals surface area (Å²) in [6.45, 7) is 3.31. The molecule has 1 rings (SSSR count). The third kappa shape index (κ3) is 3.63. The van der Waals surface area contributed by atoms with Crippen LogP contribution < -0.4 is 5.32 Å². The van der Waals surface area contributed by atoms with Gasteiger partial charge in [0.2, 0.25) is 0 Å². The van der Waals surface area contributed by atoms with E-state index in [4.69, 9.17) is 10.4 Å². The molecule has 108 valence electrons. The number of anilines is 1. The van der Waals surface area contributed by atoms with E-state index in [-0.39, 0.29) is 17.2 Å². The van der Waals surface area contributed by atoms with Gasteiger partial charge in [0, 0.05) is 0 Å². The lowest BCUT2D eigenvalue weighted by Crippen LogP contribution is -2.34. The molecule has 0 aliphatic rings. The van der Waals surface area contributed by atoms with Gasteiger partial charge in [0.25, 0.3) is 0 Å². The van der Waals surface area contributed by atoms with Gasteiger partial charge in [0.05, 0.1) is 16.8 Å². The second-order valence-electron chi connectivity index (χ2n) is 4.57. The highest BCUT2D eigenvalue weighted by Gasteiger charge is 2.31. The molecule has 1 atom stereocenters. The van der Waals surface area contributed by atoms with Crippen molar-refractivity contribution in [1.82, 2.24) is 0 Å². The molecule has 0 aliphatic carbocycles. The fourth-order valence-corrected chi connectivity index (χ4v) is 1.62. The molecular formula is C13H13F3N2O2. The molecule has 0 bridgehead atoms. The van der Waals surface area contributed by atoms with Gasteiger partial charge in [-0.3, -0.25) is 0 Å². The lowest BCUT2D eigenvalue weighted by atomic mass is 10.0. The first-order chi connectivity index (χ1) is 9.16. The number of halogens is 3. The van der Waals surface area contributed by atoms with Crippen molar-refractivity contribution in [3.05, 3.63) is 29.3 Å². The molecule has 0 aliphatic heterocycles. The Bertz CT molecular complexity index is 548. The minimum atomic E-state index is -4.55. The maximum absolute atomic E-state index is 12.5. The van der Waals surface area contributed by atoms with E-state index in [1.807, 2.05) is 0 Å². The van der Waals surface area contributed by atoms with Gasteiger partial charge < -0.3 is 10.4 Å². The molecule has 4 nitrogen and oxygen atoms in total.